The first-order chi connectivity index (χ1) is 14.6. The highest BCUT2D eigenvalue weighted by atomic mass is 35.5. The minimum atomic E-state index is -0.187. The monoisotopic (exact) mass is 440 g/mol. The maximum atomic E-state index is 12.6. The number of ether oxygens (including phenoxy) is 1. The molecule has 0 aliphatic rings. The molecule has 0 unspecified atom stereocenters. The molecule has 0 radical (unpaired) electrons. The van der Waals surface area contributed by atoms with Crippen molar-refractivity contribution in [3.05, 3.63) is 72.5 Å². The van der Waals surface area contributed by atoms with Crippen LogP contribution < -0.4 is 10.1 Å². The third-order valence-corrected chi connectivity index (χ3v) is 5.39. The van der Waals surface area contributed by atoms with Crippen molar-refractivity contribution in [2.75, 3.05) is 18.2 Å². The van der Waals surface area contributed by atoms with Crippen molar-refractivity contribution in [3.8, 4) is 17.1 Å². The van der Waals surface area contributed by atoms with Crippen LogP contribution in [0.25, 0.3) is 11.4 Å². The number of rotatable bonds is 7. The number of amides is 1. The molecule has 10 heteroatoms. The number of benzene rings is 2. The van der Waals surface area contributed by atoms with E-state index in [4.69, 9.17) is 16.3 Å². The zero-order valence-electron chi connectivity index (χ0n) is 15.9. The summed E-state index contributed by atoms with van der Waals surface area (Å²) in [6, 6.07) is 12.8. The van der Waals surface area contributed by atoms with Gasteiger partial charge in [0.15, 0.2) is 5.16 Å². The number of nitrogens with zero attached hydrogens (tertiary/aromatic N) is 5. The van der Waals surface area contributed by atoms with Gasteiger partial charge in [0, 0.05) is 23.1 Å². The lowest BCUT2D eigenvalue weighted by Crippen LogP contribution is -2.16. The summed E-state index contributed by atoms with van der Waals surface area (Å²) in [5.74, 6) is 0.765. The lowest BCUT2D eigenvalue weighted by atomic mass is 10.2. The second-order valence-electron chi connectivity index (χ2n) is 6.12. The van der Waals surface area contributed by atoms with Crippen LogP contribution in [0.15, 0.2) is 72.7 Å². The average Bonchev–Trinajstić information content (AvgIpc) is 3.45. The average molecular weight is 441 g/mol. The van der Waals surface area contributed by atoms with Gasteiger partial charge >= 0.3 is 0 Å². The molecule has 1 N–H and O–H groups in total. The van der Waals surface area contributed by atoms with Crippen molar-refractivity contribution < 1.29 is 9.53 Å². The largest absolute Gasteiger partial charge is 0.497 e. The number of imidazole rings is 1. The van der Waals surface area contributed by atoms with Crippen LogP contribution in [-0.4, -0.2) is 43.1 Å². The normalized spacial score (nSPS) is 10.7. The Morgan fingerprint density at radius 3 is 2.80 bits per heavy atom. The van der Waals surface area contributed by atoms with E-state index in [0.717, 1.165) is 11.4 Å². The quantitative estimate of drug-likeness (QED) is 0.439. The van der Waals surface area contributed by atoms with Gasteiger partial charge in [0.25, 0.3) is 0 Å². The van der Waals surface area contributed by atoms with Gasteiger partial charge in [0.05, 0.1) is 24.2 Å². The molecular weight excluding hydrogens is 424 g/mol. The highest BCUT2D eigenvalue weighted by Crippen LogP contribution is 2.26. The van der Waals surface area contributed by atoms with E-state index in [0.29, 0.717) is 21.6 Å². The summed E-state index contributed by atoms with van der Waals surface area (Å²) in [5.41, 5.74) is 2.16. The Morgan fingerprint density at radius 1 is 1.23 bits per heavy atom. The summed E-state index contributed by atoms with van der Waals surface area (Å²) < 4.78 is 8.67. The molecule has 1 amide bonds. The summed E-state index contributed by atoms with van der Waals surface area (Å²) in [6.45, 7) is 0. The molecule has 0 aliphatic carbocycles. The Kier molecular flexibility index (Phi) is 6.01. The number of thioether (sulfide) groups is 1. The molecule has 0 aliphatic heterocycles. The first-order valence-corrected chi connectivity index (χ1v) is 10.3. The van der Waals surface area contributed by atoms with Gasteiger partial charge in [-0.1, -0.05) is 23.4 Å². The van der Waals surface area contributed by atoms with E-state index >= 15 is 0 Å². The molecule has 0 saturated heterocycles. The highest BCUT2D eigenvalue weighted by Gasteiger charge is 2.13. The predicted octanol–water partition coefficient (Wildman–Crippen LogP) is 3.85. The second kappa shape index (κ2) is 9.02. The van der Waals surface area contributed by atoms with Crippen molar-refractivity contribution in [1.29, 1.82) is 0 Å². The number of carbonyl (C=O) groups excluding carboxylic acids is 1. The highest BCUT2D eigenvalue weighted by molar-refractivity contribution is 7.99. The zero-order chi connectivity index (χ0) is 20.9. The Bertz CT molecular complexity index is 1140. The maximum Gasteiger partial charge on any atom is 0.234 e. The molecule has 0 spiro atoms. The standard InChI is InChI=1S/C20H17ClN6O2S/c1-29-16-5-3-15(4-6-16)26-9-8-23-20(26)30-11-19(28)25-17-10-14(21)2-7-18(17)27-13-22-12-24-27/h2-10,12-13H,11H2,1H3,(H,25,28). The first-order valence-electron chi connectivity index (χ1n) is 8.89. The van der Waals surface area contributed by atoms with Crippen LogP contribution in [0.4, 0.5) is 5.69 Å². The van der Waals surface area contributed by atoms with Gasteiger partial charge in [-0.25, -0.2) is 14.6 Å². The van der Waals surface area contributed by atoms with Crippen LogP contribution in [0, 0.1) is 0 Å². The Morgan fingerprint density at radius 2 is 2.07 bits per heavy atom. The van der Waals surface area contributed by atoms with Gasteiger partial charge < -0.3 is 10.1 Å². The summed E-state index contributed by atoms with van der Waals surface area (Å²) in [5, 5.41) is 8.22. The summed E-state index contributed by atoms with van der Waals surface area (Å²) in [6.07, 6.45) is 6.53. The van der Waals surface area contributed by atoms with Crippen molar-refractivity contribution in [3.63, 3.8) is 0 Å². The third kappa shape index (κ3) is 4.47. The van der Waals surface area contributed by atoms with Crippen LogP contribution in [0.5, 0.6) is 5.75 Å². The smallest absolute Gasteiger partial charge is 0.234 e. The number of carbonyl (C=O) groups is 1. The molecule has 0 saturated carbocycles. The summed E-state index contributed by atoms with van der Waals surface area (Å²) in [4.78, 5) is 20.9. The summed E-state index contributed by atoms with van der Waals surface area (Å²) >= 11 is 7.44. The SMILES string of the molecule is COc1ccc(-n2ccnc2SCC(=O)Nc2cc(Cl)ccc2-n2cncn2)cc1. The van der Waals surface area contributed by atoms with Gasteiger partial charge in [0.2, 0.25) is 5.91 Å². The number of methoxy groups -OCH3 is 1. The van der Waals surface area contributed by atoms with E-state index in [-0.39, 0.29) is 11.7 Å². The molecule has 0 fully saturated rings. The van der Waals surface area contributed by atoms with Crippen LogP contribution in [0.2, 0.25) is 5.02 Å². The van der Waals surface area contributed by atoms with E-state index in [9.17, 15) is 4.79 Å². The van der Waals surface area contributed by atoms with Gasteiger partial charge in [-0.2, -0.15) is 5.10 Å². The Hall–Kier alpha value is -3.30. The van der Waals surface area contributed by atoms with Crippen LogP contribution in [-0.2, 0) is 4.79 Å². The number of nitrogens with one attached hydrogen (secondary N) is 1. The van der Waals surface area contributed by atoms with E-state index in [1.807, 2.05) is 35.0 Å². The second-order valence-corrected chi connectivity index (χ2v) is 7.50. The molecule has 4 rings (SSSR count). The van der Waals surface area contributed by atoms with Gasteiger partial charge in [-0.15, -0.1) is 0 Å². The Balaban J connectivity index is 1.46. The molecule has 152 valence electrons. The molecule has 4 aromatic rings. The van der Waals surface area contributed by atoms with Crippen LogP contribution in [0.3, 0.4) is 0 Å². The fourth-order valence-electron chi connectivity index (χ4n) is 2.79. The number of anilines is 1. The molecule has 2 heterocycles. The fraction of sp³-hybridized carbons (Fsp3) is 0.100. The molecule has 8 nitrogen and oxygen atoms in total. The van der Waals surface area contributed by atoms with Crippen molar-refractivity contribution in [1.82, 2.24) is 24.3 Å². The molecule has 0 atom stereocenters. The van der Waals surface area contributed by atoms with Crippen molar-refractivity contribution >= 4 is 35.0 Å². The van der Waals surface area contributed by atoms with Gasteiger partial charge in [0.1, 0.15) is 18.4 Å². The lowest BCUT2D eigenvalue weighted by Gasteiger charge is -2.12. The van der Waals surface area contributed by atoms with E-state index in [1.54, 1.807) is 42.5 Å². The lowest BCUT2D eigenvalue weighted by molar-refractivity contribution is -0.113. The van der Waals surface area contributed by atoms with Gasteiger partial charge in [-0.05, 0) is 42.5 Å². The number of aromatic nitrogens is 5. The summed E-state index contributed by atoms with van der Waals surface area (Å²) in [7, 11) is 1.63. The van der Waals surface area contributed by atoms with Crippen molar-refractivity contribution in [2.24, 2.45) is 0 Å². The number of halogens is 1. The number of hydrogen-bond donors (Lipinski definition) is 1. The van der Waals surface area contributed by atoms with Crippen molar-refractivity contribution in [2.45, 2.75) is 5.16 Å². The maximum absolute atomic E-state index is 12.6. The van der Waals surface area contributed by atoms with Crippen LogP contribution >= 0.6 is 23.4 Å². The van der Waals surface area contributed by atoms with E-state index in [1.165, 1.54) is 18.1 Å². The number of hydrogen-bond acceptors (Lipinski definition) is 6. The molecule has 2 aromatic carbocycles. The minimum absolute atomic E-state index is 0.177. The molecule has 2 aromatic heterocycles. The molecular formula is C20H17ClN6O2S. The minimum Gasteiger partial charge on any atom is -0.497 e. The molecule has 0 bridgehead atoms. The first kappa shape index (κ1) is 20.0. The van der Waals surface area contributed by atoms with Crippen LogP contribution in [0.1, 0.15) is 0 Å². The van der Waals surface area contributed by atoms with Gasteiger partial charge in [-0.3, -0.25) is 9.36 Å². The fourth-order valence-corrected chi connectivity index (χ4v) is 3.74. The Labute approximate surface area is 181 Å². The zero-order valence-corrected chi connectivity index (χ0v) is 17.5. The van der Waals surface area contributed by atoms with E-state index in [2.05, 4.69) is 20.4 Å². The predicted molar refractivity (Wildman–Crippen MR) is 116 cm³/mol. The topological polar surface area (TPSA) is 86.9 Å². The van der Waals surface area contributed by atoms with E-state index < -0.39 is 0 Å². The third-order valence-electron chi connectivity index (χ3n) is 4.19. The molecule has 30 heavy (non-hydrogen) atoms.